The number of halogens is 5. The number of alkyl halides is 5. The number of rotatable bonds is 4. The monoisotopic (exact) mass is 317 g/mol. The molecular weight excluding hydrogens is 301 g/mol. The Labute approximate surface area is 117 Å². The second-order valence-corrected chi connectivity index (χ2v) is 5.52. The van der Waals surface area contributed by atoms with Crippen molar-refractivity contribution in [1.29, 1.82) is 0 Å². The van der Waals surface area contributed by atoms with Crippen LogP contribution in [0.15, 0.2) is 0 Å². The first kappa shape index (κ1) is 17.6. The maximum absolute atomic E-state index is 12.8. The molecule has 1 rings (SSSR count). The highest BCUT2D eigenvalue weighted by molar-refractivity contribution is 5.85. The number of carbonyl (C=O) groups excluding carboxylic acids is 1. The molecule has 0 aromatic rings. The Balaban J connectivity index is 2.75. The van der Waals surface area contributed by atoms with Gasteiger partial charge < -0.3 is 10.4 Å². The van der Waals surface area contributed by atoms with Crippen molar-refractivity contribution in [3.8, 4) is 0 Å². The first-order chi connectivity index (χ1) is 9.42. The van der Waals surface area contributed by atoms with Crippen LogP contribution in [0.5, 0.6) is 0 Å². The number of amides is 1. The molecule has 0 unspecified atom stereocenters. The van der Waals surface area contributed by atoms with E-state index in [9.17, 15) is 36.6 Å². The van der Waals surface area contributed by atoms with Crippen molar-refractivity contribution >= 4 is 11.9 Å². The Kier molecular flexibility index (Phi) is 4.84. The first-order valence-electron chi connectivity index (χ1n) is 6.38. The Bertz CT molecular complexity index is 414. The second kappa shape index (κ2) is 5.76. The van der Waals surface area contributed by atoms with Gasteiger partial charge in [-0.15, -0.1) is 0 Å². The quantitative estimate of drug-likeness (QED) is 0.783. The highest BCUT2D eigenvalue weighted by atomic mass is 19.4. The van der Waals surface area contributed by atoms with E-state index in [2.05, 4.69) is 0 Å². The molecule has 0 atom stereocenters. The summed E-state index contributed by atoms with van der Waals surface area (Å²) in [6.07, 6.45) is -4.73. The molecule has 0 heterocycles. The number of carboxylic acids is 1. The van der Waals surface area contributed by atoms with Crippen LogP contribution in [0.25, 0.3) is 0 Å². The fraction of sp³-hybridized carbons (Fsp3) is 0.833. The van der Waals surface area contributed by atoms with E-state index in [4.69, 9.17) is 0 Å². The lowest BCUT2D eigenvalue weighted by Crippen LogP contribution is -2.54. The lowest BCUT2D eigenvalue weighted by Gasteiger charge is -2.36. The van der Waals surface area contributed by atoms with Crippen LogP contribution in [0.1, 0.15) is 32.6 Å². The maximum Gasteiger partial charge on any atom is 0.463 e. The van der Waals surface area contributed by atoms with E-state index in [1.54, 1.807) is 0 Å². The average molecular weight is 317 g/mol. The van der Waals surface area contributed by atoms with Gasteiger partial charge in [-0.25, -0.2) is 0 Å². The Morgan fingerprint density at radius 1 is 1.19 bits per heavy atom. The molecule has 1 aliphatic carbocycles. The standard InChI is InChI=1S/C12H16F5NO3/c1-7-2-4-10(5-3-7,9(20)21)6-18-8(19)11(13,14)12(15,16)17/h7H,2-6H2,1H3,(H,18,19)(H,20,21). The Morgan fingerprint density at radius 3 is 2.05 bits per heavy atom. The van der Waals surface area contributed by atoms with E-state index in [-0.39, 0.29) is 18.8 Å². The van der Waals surface area contributed by atoms with Crippen molar-refractivity contribution in [1.82, 2.24) is 5.32 Å². The minimum atomic E-state index is -6.01. The molecule has 0 saturated heterocycles. The van der Waals surface area contributed by atoms with Gasteiger partial charge in [0.1, 0.15) is 0 Å². The summed E-state index contributed by atoms with van der Waals surface area (Å²) in [6, 6.07) is 0. The average Bonchev–Trinajstić information content (AvgIpc) is 2.36. The molecule has 0 aliphatic heterocycles. The van der Waals surface area contributed by atoms with E-state index < -0.39 is 35.9 Å². The molecule has 0 bridgehead atoms. The van der Waals surface area contributed by atoms with Gasteiger partial charge in [0.15, 0.2) is 0 Å². The Morgan fingerprint density at radius 2 is 1.67 bits per heavy atom. The molecule has 0 radical (unpaired) electrons. The van der Waals surface area contributed by atoms with Crippen LogP contribution in [0.4, 0.5) is 22.0 Å². The molecule has 9 heteroatoms. The molecular formula is C12H16F5NO3. The normalized spacial score (nSPS) is 27.2. The topological polar surface area (TPSA) is 66.4 Å². The third kappa shape index (κ3) is 3.62. The number of carbonyl (C=O) groups is 2. The lowest BCUT2D eigenvalue weighted by molar-refractivity contribution is -0.269. The third-order valence-corrected chi connectivity index (χ3v) is 3.91. The molecule has 2 N–H and O–H groups in total. The van der Waals surface area contributed by atoms with Gasteiger partial charge in [-0.2, -0.15) is 22.0 Å². The minimum Gasteiger partial charge on any atom is -0.481 e. The summed E-state index contributed by atoms with van der Waals surface area (Å²) in [5.74, 6) is -9.10. The van der Waals surface area contributed by atoms with Crippen LogP contribution in [-0.4, -0.2) is 35.6 Å². The Hall–Kier alpha value is -1.41. The van der Waals surface area contributed by atoms with Crippen LogP contribution in [0, 0.1) is 11.3 Å². The predicted octanol–water partition coefficient (Wildman–Crippen LogP) is 2.58. The van der Waals surface area contributed by atoms with Crippen LogP contribution in [-0.2, 0) is 9.59 Å². The van der Waals surface area contributed by atoms with Gasteiger partial charge in [0, 0.05) is 6.54 Å². The summed E-state index contributed by atoms with van der Waals surface area (Å²) in [5.41, 5.74) is -1.48. The van der Waals surface area contributed by atoms with Gasteiger partial charge in [-0.1, -0.05) is 6.92 Å². The number of hydrogen-bond acceptors (Lipinski definition) is 2. The van der Waals surface area contributed by atoms with E-state index in [0.717, 1.165) is 0 Å². The summed E-state index contributed by atoms with van der Waals surface area (Å²) in [5, 5.41) is 10.6. The predicted molar refractivity (Wildman–Crippen MR) is 61.7 cm³/mol. The zero-order valence-corrected chi connectivity index (χ0v) is 11.3. The van der Waals surface area contributed by atoms with Crippen LogP contribution in [0.3, 0.4) is 0 Å². The lowest BCUT2D eigenvalue weighted by atomic mass is 9.71. The smallest absolute Gasteiger partial charge is 0.463 e. The van der Waals surface area contributed by atoms with Gasteiger partial charge in [-0.05, 0) is 31.6 Å². The van der Waals surface area contributed by atoms with Gasteiger partial charge in [0.25, 0.3) is 5.91 Å². The summed E-state index contributed by atoms with van der Waals surface area (Å²) in [6.45, 7) is 1.15. The zero-order valence-electron chi connectivity index (χ0n) is 11.3. The first-order valence-corrected chi connectivity index (χ1v) is 6.38. The van der Waals surface area contributed by atoms with Gasteiger partial charge in [0.2, 0.25) is 0 Å². The van der Waals surface area contributed by atoms with Gasteiger partial charge in [0.05, 0.1) is 5.41 Å². The fourth-order valence-electron chi connectivity index (χ4n) is 2.27. The molecule has 122 valence electrons. The highest BCUT2D eigenvalue weighted by Crippen LogP contribution is 2.40. The van der Waals surface area contributed by atoms with E-state index >= 15 is 0 Å². The van der Waals surface area contributed by atoms with Gasteiger partial charge >= 0.3 is 18.1 Å². The SMILES string of the molecule is CC1CCC(CNC(=O)C(F)(F)C(F)(F)F)(C(=O)O)CC1. The fourth-order valence-corrected chi connectivity index (χ4v) is 2.27. The van der Waals surface area contributed by atoms with Crippen molar-refractivity contribution in [3.63, 3.8) is 0 Å². The maximum atomic E-state index is 12.8. The molecule has 0 spiro atoms. The number of nitrogens with one attached hydrogen (secondary N) is 1. The highest BCUT2D eigenvalue weighted by Gasteiger charge is 2.63. The van der Waals surface area contributed by atoms with Crippen LogP contribution < -0.4 is 5.32 Å². The van der Waals surface area contributed by atoms with Crippen molar-refractivity contribution in [2.75, 3.05) is 6.54 Å². The molecule has 1 amide bonds. The van der Waals surface area contributed by atoms with E-state index in [1.165, 1.54) is 5.32 Å². The summed E-state index contributed by atoms with van der Waals surface area (Å²) in [4.78, 5) is 22.3. The van der Waals surface area contributed by atoms with Crippen molar-refractivity contribution in [2.45, 2.75) is 44.7 Å². The number of hydrogen-bond donors (Lipinski definition) is 2. The molecule has 1 fully saturated rings. The summed E-state index contributed by atoms with van der Waals surface area (Å²) in [7, 11) is 0. The summed E-state index contributed by atoms with van der Waals surface area (Å²) >= 11 is 0. The minimum absolute atomic E-state index is 0.126. The summed E-state index contributed by atoms with van der Waals surface area (Å²) < 4.78 is 61.6. The largest absolute Gasteiger partial charge is 0.481 e. The van der Waals surface area contributed by atoms with E-state index in [0.29, 0.717) is 12.8 Å². The van der Waals surface area contributed by atoms with E-state index in [1.807, 2.05) is 6.92 Å². The molecule has 1 saturated carbocycles. The van der Waals surface area contributed by atoms with Crippen molar-refractivity contribution < 1.29 is 36.6 Å². The molecule has 0 aromatic carbocycles. The molecule has 0 aromatic heterocycles. The zero-order chi connectivity index (χ0) is 16.5. The van der Waals surface area contributed by atoms with Crippen LogP contribution in [0.2, 0.25) is 0 Å². The van der Waals surface area contributed by atoms with Crippen molar-refractivity contribution in [2.24, 2.45) is 11.3 Å². The number of aliphatic carboxylic acids is 1. The molecule has 21 heavy (non-hydrogen) atoms. The third-order valence-electron chi connectivity index (χ3n) is 3.91. The number of carboxylic acid groups (broad SMARTS) is 1. The van der Waals surface area contributed by atoms with Gasteiger partial charge in [-0.3, -0.25) is 9.59 Å². The second-order valence-electron chi connectivity index (χ2n) is 5.52. The molecule has 4 nitrogen and oxygen atoms in total. The van der Waals surface area contributed by atoms with Crippen LogP contribution >= 0.6 is 0 Å². The van der Waals surface area contributed by atoms with Crippen molar-refractivity contribution in [3.05, 3.63) is 0 Å². The molecule has 1 aliphatic rings.